The lowest BCUT2D eigenvalue weighted by Gasteiger charge is -2.30. The van der Waals surface area contributed by atoms with Gasteiger partial charge < -0.3 is 39.7 Å². The molecule has 5 aromatic rings. The lowest BCUT2D eigenvalue weighted by atomic mass is 9.78. The van der Waals surface area contributed by atoms with Crippen LogP contribution in [0.15, 0.2) is 79.3 Å². The van der Waals surface area contributed by atoms with E-state index in [4.69, 9.17) is 19.2 Å². The maximum Gasteiger partial charge on any atom is 0.407 e. The van der Waals surface area contributed by atoms with Crippen LogP contribution < -0.4 is 15.4 Å². The molecule has 3 aliphatic rings. The third kappa shape index (κ3) is 7.68. The van der Waals surface area contributed by atoms with E-state index < -0.39 is 18.2 Å². The number of hydrogen-bond acceptors (Lipinski definition) is 9. The normalized spacial score (nSPS) is 22.1. The first kappa shape index (κ1) is 38.8. The molecular formula is C44H50N8O6. The number of pyridine rings is 1. The van der Waals surface area contributed by atoms with Gasteiger partial charge >= 0.3 is 6.09 Å². The van der Waals surface area contributed by atoms with E-state index in [0.717, 1.165) is 77.1 Å². The number of nitrogens with zero attached hydrogens (tertiary/aromatic N) is 4. The van der Waals surface area contributed by atoms with Crippen molar-refractivity contribution in [2.24, 2.45) is 17.8 Å². The highest BCUT2D eigenvalue weighted by Crippen LogP contribution is 2.56. The van der Waals surface area contributed by atoms with Gasteiger partial charge in [-0.1, -0.05) is 54.6 Å². The van der Waals surface area contributed by atoms with Gasteiger partial charge in [0.05, 0.1) is 56.1 Å². The Hall–Kier alpha value is -6.02. The number of H-pyrrole nitrogens is 2. The number of carbonyl (C=O) groups excluding carboxylic acids is 3. The molecule has 3 fully saturated rings. The summed E-state index contributed by atoms with van der Waals surface area (Å²) in [6.07, 6.45) is 8.95. The Balaban J connectivity index is 0.916. The van der Waals surface area contributed by atoms with Gasteiger partial charge in [-0.05, 0) is 79.2 Å². The Morgan fingerprint density at radius 3 is 2.12 bits per heavy atom. The minimum atomic E-state index is -0.888. The van der Waals surface area contributed by atoms with Gasteiger partial charge in [-0.2, -0.15) is 0 Å². The Morgan fingerprint density at radius 2 is 1.47 bits per heavy atom. The fraction of sp³-hybridized carbons (Fsp3) is 0.409. The van der Waals surface area contributed by atoms with Crippen molar-refractivity contribution in [3.63, 3.8) is 0 Å². The standard InChI is InChI=1S/C44H50N8O6/c1-25(56-2)38(51-44(55)58-4)43(54)52-20-6-8-35(52)39-46-23-33(49-39)28-13-9-26(10-14-28)27-11-15-29(16-12-27)34-24-47-40(50-34)36-30-17-18-31(21-30)37(36)41(53)48-22-32-7-5-19-45-42(32)57-3/h5,7,9-16,19,23-25,30-31,35-38H,6,8,17-18,20-22H2,1-4H3,(H,46,49)(H,47,50)(H,48,53)(H,51,55)/t25-,30?,31?,35+,36?,37+,38+/m1/s1. The van der Waals surface area contributed by atoms with Crippen molar-refractivity contribution >= 4 is 17.9 Å². The molecule has 58 heavy (non-hydrogen) atoms. The summed E-state index contributed by atoms with van der Waals surface area (Å²) < 4.78 is 15.5. The first-order valence-electron chi connectivity index (χ1n) is 20.0. The summed E-state index contributed by atoms with van der Waals surface area (Å²) in [7, 11) is 4.36. The SMILES string of the molecule is COC(=O)N[C@H](C(=O)N1CCC[C@H]1c1ncc(-c2ccc(-c3ccc(-c4cnc(C5C6CCC(C6)[C@@H]5C(=O)NCc5cccnc5OC)[nH]4)cc3)cc2)[nH]1)[C@@H](C)OC. The van der Waals surface area contributed by atoms with Crippen LogP contribution >= 0.6 is 0 Å². The number of carbonyl (C=O) groups is 3. The van der Waals surface area contributed by atoms with Crippen molar-refractivity contribution in [3.05, 3.63) is 96.5 Å². The number of amides is 3. The Kier molecular flexibility index (Phi) is 11.3. The summed E-state index contributed by atoms with van der Waals surface area (Å²) in [6, 6.07) is 19.3. The quantitative estimate of drug-likeness (QED) is 0.105. The number of benzene rings is 2. The zero-order valence-electron chi connectivity index (χ0n) is 33.2. The number of methoxy groups -OCH3 is 3. The van der Waals surface area contributed by atoms with Crippen molar-refractivity contribution in [1.29, 1.82) is 0 Å². The van der Waals surface area contributed by atoms with Crippen LogP contribution in [0.1, 0.15) is 68.2 Å². The van der Waals surface area contributed by atoms with Crippen LogP contribution in [0.4, 0.5) is 4.79 Å². The van der Waals surface area contributed by atoms with Crippen LogP contribution in [0.5, 0.6) is 5.88 Å². The van der Waals surface area contributed by atoms with E-state index in [2.05, 4.69) is 79.1 Å². The lowest BCUT2D eigenvalue weighted by molar-refractivity contribution is -0.137. The molecule has 14 nitrogen and oxygen atoms in total. The molecule has 2 aliphatic carbocycles. The third-order valence-electron chi connectivity index (χ3n) is 12.4. The first-order valence-corrected chi connectivity index (χ1v) is 20.0. The van der Waals surface area contributed by atoms with Crippen LogP contribution in [0.25, 0.3) is 33.6 Å². The van der Waals surface area contributed by atoms with Gasteiger partial charge in [0, 0.05) is 37.9 Å². The number of likely N-dealkylation sites (tertiary alicyclic amines) is 1. The van der Waals surface area contributed by atoms with Gasteiger partial charge in [-0.25, -0.2) is 19.7 Å². The molecule has 3 aromatic heterocycles. The number of aromatic nitrogens is 5. The molecule has 1 aliphatic heterocycles. The second-order valence-corrected chi connectivity index (χ2v) is 15.5. The molecule has 302 valence electrons. The maximum atomic E-state index is 13.7. The number of ether oxygens (including phenoxy) is 3. The van der Waals surface area contributed by atoms with Crippen LogP contribution in [0.2, 0.25) is 0 Å². The highest BCUT2D eigenvalue weighted by Gasteiger charge is 2.52. The predicted molar refractivity (Wildman–Crippen MR) is 216 cm³/mol. The average Bonchev–Trinajstić information content (AvgIpc) is 4.13. The van der Waals surface area contributed by atoms with E-state index in [-0.39, 0.29) is 29.7 Å². The Bertz CT molecular complexity index is 2240. The molecule has 4 N–H and O–H groups in total. The van der Waals surface area contributed by atoms with Crippen molar-refractivity contribution in [2.75, 3.05) is 27.9 Å². The van der Waals surface area contributed by atoms with E-state index in [1.165, 1.54) is 14.2 Å². The Labute approximate surface area is 337 Å². The average molecular weight is 787 g/mol. The molecule has 2 saturated carbocycles. The minimum Gasteiger partial charge on any atom is -0.481 e. The number of imidazole rings is 2. The largest absolute Gasteiger partial charge is 0.481 e. The van der Waals surface area contributed by atoms with Crippen LogP contribution in [0, 0.1) is 17.8 Å². The van der Waals surface area contributed by atoms with Gasteiger partial charge in [0.25, 0.3) is 0 Å². The Morgan fingerprint density at radius 1 is 0.828 bits per heavy atom. The molecule has 8 rings (SSSR count). The molecule has 7 atom stereocenters. The zero-order valence-corrected chi connectivity index (χ0v) is 33.2. The molecule has 3 unspecified atom stereocenters. The monoisotopic (exact) mass is 786 g/mol. The molecule has 0 radical (unpaired) electrons. The van der Waals surface area contributed by atoms with Gasteiger partial charge in [0.15, 0.2) is 0 Å². The highest BCUT2D eigenvalue weighted by atomic mass is 16.5. The van der Waals surface area contributed by atoms with E-state index in [1.54, 1.807) is 31.3 Å². The number of rotatable bonds is 13. The second kappa shape index (κ2) is 16.8. The molecule has 0 spiro atoms. The van der Waals surface area contributed by atoms with Gasteiger partial charge in [0.2, 0.25) is 17.7 Å². The summed E-state index contributed by atoms with van der Waals surface area (Å²) in [5.74, 6) is 2.66. The van der Waals surface area contributed by atoms with E-state index in [1.807, 2.05) is 18.3 Å². The lowest BCUT2D eigenvalue weighted by Crippen LogP contribution is -2.54. The summed E-state index contributed by atoms with van der Waals surface area (Å²) in [6.45, 7) is 2.66. The van der Waals surface area contributed by atoms with E-state index in [0.29, 0.717) is 36.6 Å². The van der Waals surface area contributed by atoms with Gasteiger partial charge in [-0.3, -0.25) is 9.59 Å². The molecule has 2 bridgehead atoms. The van der Waals surface area contributed by atoms with Crippen LogP contribution in [-0.2, 0) is 25.6 Å². The molecule has 3 amide bonds. The van der Waals surface area contributed by atoms with Crippen molar-refractivity contribution in [1.82, 2.24) is 40.5 Å². The summed E-state index contributed by atoms with van der Waals surface area (Å²) >= 11 is 0. The number of hydrogen-bond donors (Lipinski definition) is 4. The fourth-order valence-electron chi connectivity index (χ4n) is 9.29. The maximum absolute atomic E-state index is 13.7. The summed E-state index contributed by atoms with van der Waals surface area (Å²) in [4.78, 5) is 61.9. The predicted octanol–water partition coefficient (Wildman–Crippen LogP) is 6.41. The van der Waals surface area contributed by atoms with Crippen LogP contribution in [-0.4, -0.2) is 87.7 Å². The van der Waals surface area contributed by atoms with Gasteiger partial charge in [-0.15, -0.1) is 0 Å². The smallest absolute Gasteiger partial charge is 0.407 e. The molecule has 14 heteroatoms. The summed E-state index contributed by atoms with van der Waals surface area (Å²) in [5, 5.41) is 5.80. The molecule has 2 aromatic carbocycles. The second-order valence-electron chi connectivity index (χ2n) is 15.5. The molecular weight excluding hydrogens is 737 g/mol. The van der Waals surface area contributed by atoms with Gasteiger partial charge in [0.1, 0.15) is 17.7 Å². The van der Waals surface area contributed by atoms with Crippen molar-refractivity contribution < 1.29 is 28.6 Å². The third-order valence-corrected chi connectivity index (χ3v) is 12.4. The fourth-order valence-corrected chi connectivity index (χ4v) is 9.29. The number of nitrogens with one attached hydrogen (secondary N) is 4. The van der Waals surface area contributed by atoms with E-state index in [9.17, 15) is 14.4 Å². The van der Waals surface area contributed by atoms with Crippen molar-refractivity contribution in [2.45, 2.75) is 69.7 Å². The van der Waals surface area contributed by atoms with Crippen LogP contribution in [0.3, 0.4) is 0 Å². The number of aromatic amines is 2. The van der Waals surface area contributed by atoms with E-state index >= 15 is 0 Å². The topological polar surface area (TPSA) is 176 Å². The van der Waals surface area contributed by atoms with Crippen molar-refractivity contribution in [3.8, 4) is 39.5 Å². The number of fused-ring (bicyclic) bond motifs is 2. The minimum absolute atomic E-state index is 0.0547. The highest BCUT2D eigenvalue weighted by molar-refractivity contribution is 5.87. The molecule has 1 saturated heterocycles. The zero-order chi connectivity index (χ0) is 40.3. The number of alkyl carbamates (subject to hydrolysis) is 1. The first-order chi connectivity index (χ1) is 28.3. The molecule has 4 heterocycles. The summed E-state index contributed by atoms with van der Waals surface area (Å²) in [5.41, 5.74) is 6.79.